The number of hydrogen-bond acceptors (Lipinski definition) is 3. The van der Waals surface area contributed by atoms with Crippen molar-refractivity contribution in [3.8, 4) is 17.2 Å². The fraction of sp³-hybridized carbons (Fsp3) is 0.333. The van der Waals surface area contributed by atoms with Crippen LogP contribution in [0.2, 0.25) is 0 Å². The average Bonchev–Trinajstić information content (AvgIpc) is 2.67. The second-order valence-electron chi connectivity index (χ2n) is 8.64. The number of phenols is 3. The molecule has 3 heteroatoms. The minimum Gasteiger partial charge on any atom is -0.508 e. The molecular formula is C27H32O3. The van der Waals surface area contributed by atoms with Gasteiger partial charge in [0.25, 0.3) is 0 Å². The number of hydrogen-bond donors (Lipinski definition) is 3. The zero-order valence-electron chi connectivity index (χ0n) is 18.3. The van der Waals surface area contributed by atoms with Crippen LogP contribution >= 0.6 is 0 Å². The average molecular weight is 405 g/mol. The lowest BCUT2D eigenvalue weighted by molar-refractivity contribution is 0.468. The molecule has 30 heavy (non-hydrogen) atoms. The van der Waals surface area contributed by atoms with Gasteiger partial charge in [0.2, 0.25) is 0 Å². The Balaban J connectivity index is 1.87. The maximum absolute atomic E-state index is 9.75. The predicted octanol–water partition coefficient (Wildman–Crippen LogP) is 6.89. The third-order valence-electron chi connectivity index (χ3n) is 6.21. The van der Waals surface area contributed by atoms with E-state index in [0.717, 1.165) is 24.0 Å². The van der Waals surface area contributed by atoms with E-state index in [9.17, 15) is 15.3 Å². The van der Waals surface area contributed by atoms with Crippen molar-refractivity contribution in [1.29, 1.82) is 0 Å². The van der Waals surface area contributed by atoms with E-state index in [-0.39, 0.29) is 5.75 Å². The summed E-state index contributed by atoms with van der Waals surface area (Å²) in [5.74, 6) is 1.86. The van der Waals surface area contributed by atoms with Crippen LogP contribution < -0.4 is 0 Å². The maximum Gasteiger partial charge on any atom is 0.115 e. The summed E-state index contributed by atoms with van der Waals surface area (Å²) < 4.78 is 0. The van der Waals surface area contributed by atoms with E-state index >= 15 is 0 Å². The maximum atomic E-state index is 9.75. The molecule has 3 aromatic rings. The first-order valence-electron chi connectivity index (χ1n) is 10.6. The van der Waals surface area contributed by atoms with Crippen LogP contribution in [0.25, 0.3) is 0 Å². The molecule has 3 aromatic carbocycles. The van der Waals surface area contributed by atoms with Crippen molar-refractivity contribution in [1.82, 2.24) is 0 Å². The Kier molecular flexibility index (Phi) is 6.71. The highest BCUT2D eigenvalue weighted by molar-refractivity contribution is 5.38. The quantitative estimate of drug-likeness (QED) is 0.402. The van der Waals surface area contributed by atoms with Crippen LogP contribution in [0.3, 0.4) is 0 Å². The monoisotopic (exact) mass is 404 g/mol. The van der Waals surface area contributed by atoms with Crippen molar-refractivity contribution < 1.29 is 15.3 Å². The van der Waals surface area contributed by atoms with Gasteiger partial charge in [-0.3, -0.25) is 0 Å². The SMILES string of the molecule is Cc1cc(O)ccc1C(C)CC(CC(C)c1ccc(O)cc1C)c1ccc(O)cc1. The Morgan fingerprint density at radius 3 is 1.40 bits per heavy atom. The summed E-state index contributed by atoms with van der Waals surface area (Å²) in [6.45, 7) is 8.57. The molecule has 2 unspecified atom stereocenters. The molecule has 3 nitrogen and oxygen atoms in total. The molecule has 0 bridgehead atoms. The van der Waals surface area contributed by atoms with Crippen molar-refractivity contribution in [3.05, 3.63) is 88.5 Å². The van der Waals surface area contributed by atoms with Gasteiger partial charge in [0.15, 0.2) is 0 Å². The minimum absolute atomic E-state index is 0.280. The fourth-order valence-electron chi connectivity index (χ4n) is 4.65. The molecule has 0 heterocycles. The highest BCUT2D eigenvalue weighted by atomic mass is 16.3. The van der Waals surface area contributed by atoms with Gasteiger partial charge in [0.05, 0.1) is 0 Å². The van der Waals surface area contributed by atoms with E-state index in [2.05, 4.69) is 13.8 Å². The van der Waals surface area contributed by atoms with Crippen LogP contribution in [0.15, 0.2) is 60.7 Å². The first-order valence-corrected chi connectivity index (χ1v) is 10.6. The Bertz CT molecular complexity index is 932. The van der Waals surface area contributed by atoms with Crippen LogP contribution in [-0.4, -0.2) is 15.3 Å². The molecule has 0 saturated carbocycles. The number of aryl methyl sites for hydroxylation is 2. The lowest BCUT2D eigenvalue weighted by Crippen LogP contribution is -2.10. The summed E-state index contributed by atoms with van der Waals surface area (Å²) in [4.78, 5) is 0. The standard InChI is InChI=1S/C27H32O3/c1-17(26-11-9-24(29)15-19(26)3)13-22(21-5-7-23(28)8-6-21)14-18(2)27-12-10-25(30)16-20(27)4/h5-12,15-18,22,28-30H,13-14H2,1-4H3. The highest BCUT2D eigenvalue weighted by Gasteiger charge is 2.22. The van der Waals surface area contributed by atoms with Gasteiger partial charge in [-0.25, -0.2) is 0 Å². The molecule has 0 fully saturated rings. The van der Waals surface area contributed by atoms with Gasteiger partial charge in [0.1, 0.15) is 17.2 Å². The molecule has 3 rings (SSSR count). The summed E-state index contributed by atoms with van der Waals surface area (Å²) >= 11 is 0. The minimum atomic E-state index is 0.280. The van der Waals surface area contributed by atoms with E-state index in [1.165, 1.54) is 16.7 Å². The first kappa shape index (κ1) is 21.8. The van der Waals surface area contributed by atoms with Gasteiger partial charge >= 0.3 is 0 Å². The number of aromatic hydroxyl groups is 3. The van der Waals surface area contributed by atoms with Crippen LogP contribution in [0.4, 0.5) is 0 Å². The molecular weight excluding hydrogens is 372 g/mol. The summed E-state index contributed by atoms with van der Waals surface area (Å²) in [5, 5.41) is 29.2. The number of benzene rings is 3. The van der Waals surface area contributed by atoms with Gasteiger partial charge in [-0.15, -0.1) is 0 Å². The Labute approximate surface area is 179 Å². The zero-order chi connectivity index (χ0) is 21.8. The van der Waals surface area contributed by atoms with E-state index < -0.39 is 0 Å². The molecule has 0 radical (unpaired) electrons. The van der Waals surface area contributed by atoms with Crippen molar-refractivity contribution in [3.63, 3.8) is 0 Å². The van der Waals surface area contributed by atoms with Gasteiger partial charge < -0.3 is 15.3 Å². The summed E-state index contributed by atoms with van der Waals surface area (Å²) in [7, 11) is 0. The van der Waals surface area contributed by atoms with E-state index in [4.69, 9.17) is 0 Å². The van der Waals surface area contributed by atoms with Gasteiger partial charge in [-0.1, -0.05) is 38.1 Å². The van der Waals surface area contributed by atoms with E-state index in [1.54, 1.807) is 24.3 Å². The molecule has 2 atom stereocenters. The fourth-order valence-corrected chi connectivity index (χ4v) is 4.65. The van der Waals surface area contributed by atoms with Crippen LogP contribution in [-0.2, 0) is 0 Å². The lowest BCUT2D eigenvalue weighted by atomic mass is 9.78. The predicted molar refractivity (Wildman–Crippen MR) is 123 cm³/mol. The summed E-state index contributed by atoms with van der Waals surface area (Å²) in [5.41, 5.74) is 5.94. The molecule has 0 aliphatic carbocycles. The van der Waals surface area contributed by atoms with Gasteiger partial charge in [-0.2, -0.15) is 0 Å². The number of rotatable bonds is 7. The zero-order valence-corrected chi connectivity index (χ0v) is 18.3. The van der Waals surface area contributed by atoms with Crippen molar-refractivity contribution in [2.45, 2.75) is 58.3 Å². The van der Waals surface area contributed by atoms with Crippen LogP contribution in [0.5, 0.6) is 17.2 Å². The van der Waals surface area contributed by atoms with Gasteiger partial charge in [0, 0.05) is 0 Å². The molecule has 0 amide bonds. The second-order valence-corrected chi connectivity index (χ2v) is 8.64. The molecule has 158 valence electrons. The highest BCUT2D eigenvalue weighted by Crippen LogP contribution is 2.39. The summed E-state index contributed by atoms with van der Waals surface area (Å²) in [6.07, 6.45) is 1.94. The topological polar surface area (TPSA) is 60.7 Å². The van der Waals surface area contributed by atoms with Crippen molar-refractivity contribution in [2.24, 2.45) is 0 Å². The Hall–Kier alpha value is -2.94. The third kappa shape index (κ3) is 5.15. The molecule has 0 aliphatic heterocycles. The largest absolute Gasteiger partial charge is 0.508 e. The number of phenolic OH excluding ortho intramolecular Hbond substituents is 3. The third-order valence-corrected chi connectivity index (χ3v) is 6.21. The Morgan fingerprint density at radius 1 is 0.600 bits per heavy atom. The summed E-state index contributed by atoms with van der Waals surface area (Å²) in [6, 6.07) is 18.8. The smallest absolute Gasteiger partial charge is 0.115 e. The van der Waals surface area contributed by atoms with Crippen LogP contribution in [0, 0.1) is 13.8 Å². The first-order chi connectivity index (χ1) is 14.2. The van der Waals surface area contributed by atoms with Crippen LogP contribution in [0.1, 0.15) is 72.3 Å². The molecule has 0 saturated heterocycles. The van der Waals surface area contributed by atoms with E-state index in [0.29, 0.717) is 29.3 Å². The molecule has 0 aliphatic rings. The Morgan fingerprint density at radius 2 is 1.00 bits per heavy atom. The second kappa shape index (κ2) is 9.25. The van der Waals surface area contributed by atoms with Crippen molar-refractivity contribution in [2.75, 3.05) is 0 Å². The lowest BCUT2D eigenvalue weighted by Gasteiger charge is -2.26. The van der Waals surface area contributed by atoms with Gasteiger partial charge in [-0.05, 0) is 109 Å². The molecule has 0 spiro atoms. The molecule has 0 aromatic heterocycles. The normalized spacial score (nSPS) is 14.3. The van der Waals surface area contributed by atoms with E-state index in [1.807, 2.05) is 50.2 Å². The molecule has 3 N–H and O–H groups in total. The van der Waals surface area contributed by atoms with Crippen molar-refractivity contribution >= 4 is 0 Å².